The summed E-state index contributed by atoms with van der Waals surface area (Å²) in [5, 5.41) is -0.378. The van der Waals surface area contributed by atoms with E-state index in [2.05, 4.69) is 6.92 Å². The second-order valence-electron chi connectivity index (χ2n) is 2.83. The maximum absolute atomic E-state index is 5.75. The Morgan fingerprint density at radius 3 is 2.00 bits per heavy atom. The normalized spacial score (nSPS) is 13.4. The largest absolute Gasteiger partial charge is 0.444 e. The lowest BCUT2D eigenvalue weighted by Crippen LogP contribution is -2.06. The molecule has 0 aliphatic rings. The van der Waals surface area contributed by atoms with Crippen molar-refractivity contribution >= 4 is 58.0 Å². The van der Waals surface area contributed by atoms with Gasteiger partial charge in [0.2, 0.25) is 9.01 Å². The molecule has 0 heterocycles. The number of ether oxygens (including phenoxy) is 1. The minimum atomic E-state index is -1.80. The molecule has 1 aromatic carbocycles. The van der Waals surface area contributed by atoms with E-state index >= 15 is 0 Å². The summed E-state index contributed by atoms with van der Waals surface area (Å²) in [4.78, 5) is 0. The van der Waals surface area contributed by atoms with E-state index < -0.39 is 3.79 Å². The van der Waals surface area contributed by atoms with Gasteiger partial charge in [-0.25, -0.2) is 0 Å². The Labute approximate surface area is 119 Å². The number of hydrogen-bond acceptors (Lipinski definition) is 1. The summed E-state index contributed by atoms with van der Waals surface area (Å²) in [6.45, 7) is 3.73. The van der Waals surface area contributed by atoms with E-state index in [1.807, 2.05) is 0 Å². The van der Waals surface area contributed by atoms with Crippen molar-refractivity contribution in [2.45, 2.75) is 3.79 Å². The van der Waals surface area contributed by atoms with E-state index in [9.17, 15) is 0 Å². The van der Waals surface area contributed by atoms with Gasteiger partial charge in [-0.15, -0.1) is 0 Å². The van der Waals surface area contributed by atoms with Crippen molar-refractivity contribution in [2.75, 3.05) is 0 Å². The molecule has 0 atom stereocenters. The first-order valence-electron chi connectivity index (χ1n) is 4.03. The molecule has 16 heavy (non-hydrogen) atoms. The zero-order valence-electron chi connectivity index (χ0n) is 7.81. The van der Waals surface area contributed by atoms with E-state index in [0.717, 1.165) is 5.56 Å². The summed E-state index contributed by atoms with van der Waals surface area (Å²) in [6, 6.07) is 6.85. The molecule has 0 unspecified atom stereocenters. The Balaban J connectivity index is 2.86. The Kier molecular flexibility index (Phi) is 5.09. The molecule has 1 radical (unpaired) electrons. The summed E-state index contributed by atoms with van der Waals surface area (Å²) in [5.41, 5.74) is 0.847. The van der Waals surface area contributed by atoms with Crippen LogP contribution in [0.4, 0.5) is 0 Å². The van der Waals surface area contributed by atoms with Gasteiger partial charge in [0.25, 0.3) is 0 Å². The molecule has 1 nitrogen and oxygen atoms in total. The van der Waals surface area contributed by atoms with Gasteiger partial charge in [0.05, 0.1) is 0 Å². The standard InChI is InChI=1S/C10H6Cl5O/c1-6-2-4-7(5-3-6)16-9(12)8(11)10(13,14)15/h2-5H,1H2. The van der Waals surface area contributed by atoms with E-state index in [1.165, 1.54) is 0 Å². The van der Waals surface area contributed by atoms with Gasteiger partial charge >= 0.3 is 0 Å². The highest BCUT2D eigenvalue weighted by atomic mass is 35.6. The highest BCUT2D eigenvalue weighted by molar-refractivity contribution is 6.73. The van der Waals surface area contributed by atoms with Crippen LogP contribution in [-0.4, -0.2) is 3.79 Å². The van der Waals surface area contributed by atoms with E-state index in [-0.39, 0.29) is 10.3 Å². The second-order valence-corrected chi connectivity index (χ2v) is 5.83. The van der Waals surface area contributed by atoms with Crippen LogP contribution >= 0.6 is 58.0 Å². The van der Waals surface area contributed by atoms with Gasteiger partial charge in [0, 0.05) is 0 Å². The average Bonchev–Trinajstić information content (AvgIpc) is 2.19. The van der Waals surface area contributed by atoms with Gasteiger partial charge in [-0.1, -0.05) is 58.5 Å². The van der Waals surface area contributed by atoms with Gasteiger partial charge in [-0.3, -0.25) is 0 Å². The summed E-state index contributed by atoms with van der Waals surface area (Å²) in [7, 11) is 0. The van der Waals surface area contributed by atoms with Crippen LogP contribution in [0.5, 0.6) is 5.75 Å². The molecule has 0 bridgehead atoms. The minimum Gasteiger partial charge on any atom is -0.444 e. The lowest BCUT2D eigenvalue weighted by atomic mass is 10.2. The Bertz CT molecular complexity index is 391. The minimum absolute atomic E-state index is 0.182. The first-order valence-corrected chi connectivity index (χ1v) is 5.92. The third kappa shape index (κ3) is 4.23. The summed E-state index contributed by atoms with van der Waals surface area (Å²) in [5.74, 6) is 0.477. The number of alkyl halides is 3. The van der Waals surface area contributed by atoms with Crippen LogP contribution in [-0.2, 0) is 0 Å². The second kappa shape index (κ2) is 5.70. The number of rotatable bonds is 2. The molecule has 0 saturated heterocycles. The summed E-state index contributed by atoms with van der Waals surface area (Å²) >= 11 is 28.1. The van der Waals surface area contributed by atoms with Crippen LogP contribution in [0.2, 0.25) is 0 Å². The molecule has 6 heteroatoms. The molecular weight excluding hydrogens is 313 g/mol. The fourth-order valence-electron chi connectivity index (χ4n) is 0.817. The fraction of sp³-hybridized carbons (Fsp3) is 0.100. The number of allylic oxidation sites excluding steroid dienone is 1. The lowest BCUT2D eigenvalue weighted by Gasteiger charge is -2.12. The first-order chi connectivity index (χ1) is 7.30. The van der Waals surface area contributed by atoms with Gasteiger partial charge < -0.3 is 4.74 Å². The monoisotopic (exact) mass is 317 g/mol. The summed E-state index contributed by atoms with van der Waals surface area (Å²) in [6.07, 6.45) is 0. The van der Waals surface area contributed by atoms with Crippen LogP contribution in [0, 0.1) is 6.92 Å². The maximum atomic E-state index is 5.75. The van der Waals surface area contributed by atoms with Crippen LogP contribution in [0.3, 0.4) is 0 Å². The van der Waals surface area contributed by atoms with Crippen molar-refractivity contribution in [3.05, 3.63) is 47.0 Å². The lowest BCUT2D eigenvalue weighted by molar-refractivity contribution is 0.459. The fourth-order valence-corrected chi connectivity index (χ4v) is 1.49. The zero-order valence-corrected chi connectivity index (χ0v) is 11.6. The average molecular weight is 319 g/mol. The van der Waals surface area contributed by atoms with Crippen molar-refractivity contribution in [2.24, 2.45) is 0 Å². The van der Waals surface area contributed by atoms with E-state index in [0.29, 0.717) is 5.75 Å². The van der Waals surface area contributed by atoms with Gasteiger partial charge in [-0.2, -0.15) is 0 Å². The van der Waals surface area contributed by atoms with Crippen molar-refractivity contribution < 1.29 is 4.74 Å². The van der Waals surface area contributed by atoms with Gasteiger partial charge in [0.15, 0.2) is 0 Å². The van der Waals surface area contributed by atoms with Gasteiger partial charge in [-0.05, 0) is 36.2 Å². The zero-order chi connectivity index (χ0) is 12.3. The van der Waals surface area contributed by atoms with E-state index in [4.69, 9.17) is 62.7 Å². The first kappa shape index (κ1) is 14.3. The maximum Gasteiger partial charge on any atom is 0.230 e. The highest BCUT2D eigenvalue weighted by Gasteiger charge is 2.28. The molecule has 0 N–H and O–H groups in total. The predicted molar refractivity (Wildman–Crippen MR) is 70.6 cm³/mol. The topological polar surface area (TPSA) is 9.23 Å². The molecule has 1 rings (SSSR count). The molecule has 0 fully saturated rings. The Morgan fingerprint density at radius 1 is 1.06 bits per heavy atom. The van der Waals surface area contributed by atoms with Crippen LogP contribution in [0.15, 0.2) is 34.5 Å². The molecule has 1 aromatic rings. The van der Waals surface area contributed by atoms with Crippen LogP contribution in [0.1, 0.15) is 5.56 Å². The SMILES string of the molecule is [CH2]c1ccc(OC(Cl)=C(Cl)C(Cl)(Cl)Cl)cc1. The smallest absolute Gasteiger partial charge is 0.230 e. The predicted octanol–water partition coefficient (Wildman–Crippen LogP) is 5.26. The number of benzene rings is 1. The Morgan fingerprint density at radius 2 is 1.56 bits per heavy atom. The molecule has 0 aromatic heterocycles. The summed E-state index contributed by atoms with van der Waals surface area (Å²) < 4.78 is 3.39. The van der Waals surface area contributed by atoms with E-state index in [1.54, 1.807) is 24.3 Å². The van der Waals surface area contributed by atoms with Crippen molar-refractivity contribution in [3.8, 4) is 5.75 Å². The number of hydrogen-bond donors (Lipinski definition) is 0. The number of halogens is 5. The molecule has 0 aliphatic carbocycles. The Hall–Kier alpha value is 0.210. The molecule has 0 aliphatic heterocycles. The highest BCUT2D eigenvalue weighted by Crippen LogP contribution is 2.40. The quantitative estimate of drug-likeness (QED) is 0.533. The molecule has 0 saturated carbocycles. The molecule has 0 spiro atoms. The van der Waals surface area contributed by atoms with Gasteiger partial charge in [0.1, 0.15) is 10.8 Å². The third-order valence-electron chi connectivity index (χ3n) is 1.55. The van der Waals surface area contributed by atoms with Crippen molar-refractivity contribution in [3.63, 3.8) is 0 Å². The van der Waals surface area contributed by atoms with Crippen LogP contribution in [0.25, 0.3) is 0 Å². The third-order valence-corrected chi connectivity index (χ3v) is 3.23. The van der Waals surface area contributed by atoms with Crippen LogP contribution < -0.4 is 4.74 Å². The molecule has 87 valence electrons. The van der Waals surface area contributed by atoms with Crippen molar-refractivity contribution in [1.29, 1.82) is 0 Å². The molecular formula is C10H6Cl5O. The van der Waals surface area contributed by atoms with Crippen molar-refractivity contribution in [1.82, 2.24) is 0 Å². The molecule has 0 amide bonds.